The Balaban J connectivity index is 1.62. The fraction of sp³-hybridized carbons (Fsp3) is 0.429. The number of anilines is 1. The van der Waals surface area contributed by atoms with E-state index in [1.165, 1.54) is 5.56 Å². The SMILES string of the molecule is Cc1cc(Br)cnc1N1CC(Cn2ccnc2C)C1. The van der Waals surface area contributed by atoms with Gasteiger partial charge in [0.05, 0.1) is 0 Å². The fourth-order valence-electron chi connectivity index (χ4n) is 2.60. The largest absolute Gasteiger partial charge is 0.356 e. The molecular weight excluding hydrogens is 304 g/mol. The van der Waals surface area contributed by atoms with Gasteiger partial charge < -0.3 is 9.47 Å². The van der Waals surface area contributed by atoms with Gasteiger partial charge in [-0.05, 0) is 41.4 Å². The van der Waals surface area contributed by atoms with Crippen molar-refractivity contribution in [3.8, 4) is 0 Å². The van der Waals surface area contributed by atoms with Gasteiger partial charge in [0.15, 0.2) is 0 Å². The summed E-state index contributed by atoms with van der Waals surface area (Å²) in [5, 5.41) is 0. The number of pyridine rings is 1. The van der Waals surface area contributed by atoms with Gasteiger partial charge in [-0.25, -0.2) is 9.97 Å². The zero-order valence-electron chi connectivity index (χ0n) is 11.2. The van der Waals surface area contributed by atoms with Crippen LogP contribution in [0, 0.1) is 19.8 Å². The molecule has 1 aliphatic rings. The minimum Gasteiger partial charge on any atom is -0.356 e. The van der Waals surface area contributed by atoms with Crippen LogP contribution < -0.4 is 4.90 Å². The zero-order chi connectivity index (χ0) is 13.4. The highest BCUT2D eigenvalue weighted by molar-refractivity contribution is 9.10. The average Bonchev–Trinajstić information content (AvgIpc) is 2.70. The second kappa shape index (κ2) is 4.96. The number of imidazole rings is 1. The van der Waals surface area contributed by atoms with Crippen molar-refractivity contribution in [2.75, 3.05) is 18.0 Å². The van der Waals surface area contributed by atoms with Gasteiger partial charge >= 0.3 is 0 Å². The lowest BCUT2D eigenvalue weighted by Gasteiger charge is -2.41. The number of halogens is 1. The number of nitrogens with zero attached hydrogens (tertiary/aromatic N) is 4. The first-order chi connectivity index (χ1) is 9.13. The Hall–Kier alpha value is -1.36. The van der Waals surface area contributed by atoms with E-state index in [4.69, 9.17) is 0 Å². The van der Waals surface area contributed by atoms with Crippen LogP contribution in [0.25, 0.3) is 0 Å². The molecule has 0 N–H and O–H groups in total. The molecule has 0 aromatic carbocycles. The summed E-state index contributed by atoms with van der Waals surface area (Å²) in [5.41, 5.74) is 1.23. The molecule has 0 unspecified atom stereocenters. The molecule has 0 radical (unpaired) electrons. The number of rotatable bonds is 3. The van der Waals surface area contributed by atoms with Gasteiger partial charge in [-0.15, -0.1) is 0 Å². The second-order valence-corrected chi connectivity index (χ2v) is 6.11. The van der Waals surface area contributed by atoms with Crippen LogP contribution in [0.4, 0.5) is 5.82 Å². The third-order valence-corrected chi connectivity index (χ3v) is 4.09. The zero-order valence-corrected chi connectivity index (χ0v) is 12.8. The molecule has 5 heteroatoms. The van der Waals surface area contributed by atoms with E-state index in [0.29, 0.717) is 5.92 Å². The predicted molar refractivity (Wildman–Crippen MR) is 79.3 cm³/mol. The molecule has 1 saturated heterocycles. The first-order valence-electron chi connectivity index (χ1n) is 6.48. The van der Waals surface area contributed by atoms with Crippen LogP contribution in [0.15, 0.2) is 29.1 Å². The Labute approximate surface area is 121 Å². The lowest BCUT2D eigenvalue weighted by molar-refractivity contribution is 0.352. The van der Waals surface area contributed by atoms with Gasteiger partial charge in [-0.3, -0.25) is 0 Å². The molecule has 100 valence electrons. The van der Waals surface area contributed by atoms with E-state index in [-0.39, 0.29) is 0 Å². The van der Waals surface area contributed by atoms with E-state index in [0.717, 1.165) is 35.7 Å². The third kappa shape index (κ3) is 2.52. The van der Waals surface area contributed by atoms with Crippen molar-refractivity contribution >= 4 is 21.7 Å². The normalized spacial score (nSPS) is 15.6. The maximum absolute atomic E-state index is 4.51. The maximum atomic E-state index is 4.51. The summed E-state index contributed by atoms with van der Waals surface area (Å²) in [6.07, 6.45) is 5.79. The summed E-state index contributed by atoms with van der Waals surface area (Å²) in [7, 11) is 0. The number of hydrogen-bond acceptors (Lipinski definition) is 3. The van der Waals surface area contributed by atoms with E-state index < -0.39 is 0 Å². The Kier molecular flexibility index (Phi) is 3.31. The third-order valence-electron chi connectivity index (χ3n) is 3.65. The monoisotopic (exact) mass is 320 g/mol. The number of hydrogen-bond donors (Lipinski definition) is 0. The molecule has 3 rings (SSSR count). The number of aromatic nitrogens is 3. The summed E-state index contributed by atoms with van der Waals surface area (Å²) in [5.74, 6) is 2.90. The Morgan fingerprint density at radius 2 is 2.11 bits per heavy atom. The van der Waals surface area contributed by atoms with Gasteiger partial charge in [-0.2, -0.15) is 0 Å². The van der Waals surface area contributed by atoms with Crippen LogP contribution in [0.5, 0.6) is 0 Å². The summed E-state index contributed by atoms with van der Waals surface area (Å²) < 4.78 is 3.27. The highest BCUT2D eigenvalue weighted by atomic mass is 79.9. The van der Waals surface area contributed by atoms with Crippen molar-refractivity contribution in [3.05, 3.63) is 40.5 Å². The topological polar surface area (TPSA) is 34.0 Å². The molecule has 0 bridgehead atoms. The molecule has 2 aromatic heterocycles. The first-order valence-corrected chi connectivity index (χ1v) is 7.27. The Bertz CT molecular complexity index is 587. The van der Waals surface area contributed by atoms with Crippen molar-refractivity contribution in [2.45, 2.75) is 20.4 Å². The average molecular weight is 321 g/mol. The summed E-state index contributed by atoms with van der Waals surface area (Å²) in [6.45, 7) is 7.37. The van der Waals surface area contributed by atoms with Crippen LogP contribution in [-0.4, -0.2) is 27.6 Å². The molecule has 0 amide bonds. The molecule has 0 aliphatic carbocycles. The predicted octanol–water partition coefficient (Wildman–Crippen LogP) is 2.79. The number of aryl methyl sites for hydroxylation is 2. The highest BCUT2D eigenvalue weighted by Gasteiger charge is 2.29. The minimum atomic E-state index is 0.692. The smallest absolute Gasteiger partial charge is 0.131 e. The van der Waals surface area contributed by atoms with E-state index in [9.17, 15) is 0 Å². The van der Waals surface area contributed by atoms with Crippen LogP contribution >= 0.6 is 15.9 Å². The molecule has 4 nitrogen and oxygen atoms in total. The molecule has 2 aromatic rings. The highest BCUT2D eigenvalue weighted by Crippen LogP contribution is 2.28. The van der Waals surface area contributed by atoms with Gasteiger partial charge in [0.2, 0.25) is 0 Å². The van der Waals surface area contributed by atoms with Gasteiger partial charge in [0, 0.05) is 48.6 Å². The molecule has 1 fully saturated rings. The van der Waals surface area contributed by atoms with E-state index in [1.54, 1.807) is 0 Å². The van der Waals surface area contributed by atoms with Crippen molar-refractivity contribution in [1.29, 1.82) is 0 Å². The van der Waals surface area contributed by atoms with Gasteiger partial charge in [0.25, 0.3) is 0 Å². The van der Waals surface area contributed by atoms with Gasteiger partial charge in [0.1, 0.15) is 11.6 Å². The standard InChI is InChI=1S/C14H17BrN4/c1-10-5-13(15)6-17-14(10)19-8-12(9-19)7-18-4-3-16-11(18)2/h3-6,12H,7-9H2,1-2H3. The van der Waals surface area contributed by atoms with E-state index in [2.05, 4.69) is 61.5 Å². The quantitative estimate of drug-likeness (QED) is 0.872. The molecule has 19 heavy (non-hydrogen) atoms. The summed E-state index contributed by atoms with van der Waals surface area (Å²) in [4.78, 5) is 11.1. The molecule has 0 spiro atoms. The molecule has 0 saturated carbocycles. The van der Waals surface area contributed by atoms with Crippen LogP contribution in [0.3, 0.4) is 0 Å². The molecular formula is C14H17BrN4. The second-order valence-electron chi connectivity index (χ2n) is 5.19. The summed E-state index contributed by atoms with van der Waals surface area (Å²) >= 11 is 3.45. The minimum absolute atomic E-state index is 0.692. The van der Waals surface area contributed by atoms with Crippen molar-refractivity contribution in [3.63, 3.8) is 0 Å². The molecule has 3 heterocycles. The lowest BCUT2D eigenvalue weighted by atomic mass is 9.99. The van der Waals surface area contributed by atoms with E-state index in [1.807, 2.05) is 12.4 Å². The fourth-order valence-corrected chi connectivity index (χ4v) is 3.04. The van der Waals surface area contributed by atoms with Crippen molar-refractivity contribution in [2.24, 2.45) is 5.92 Å². The lowest BCUT2D eigenvalue weighted by Crippen LogP contribution is -2.49. The Morgan fingerprint density at radius 1 is 1.32 bits per heavy atom. The van der Waals surface area contributed by atoms with Gasteiger partial charge in [-0.1, -0.05) is 0 Å². The van der Waals surface area contributed by atoms with Crippen LogP contribution in [0.2, 0.25) is 0 Å². The van der Waals surface area contributed by atoms with Crippen LogP contribution in [0.1, 0.15) is 11.4 Å². The van der Waals surface area contributed by atoms with E-state index >= 15 is 0 Å². The summed E-state index contributed by atoms with van der Waals surface area (Å²) in [6, 6.07) is 2.12. The first kappa shape index (κ1) is 12.7. The molecule has 1 aliphatic heterocycles. The van der Waals surface area contributed by atoms with Crippen molar-refractivity contribution < 1.29 is 0 Å². The van der Waals surface area contributed by atoms with Crippen LogP contribution in [-0.2, 0) is 6.54 Å². The maximum Gasteiger partial charge on any atom is 0.131 e. The van der Waals surface area contributed by atoms with Crippen molar-refractivity contribution in [1.82, 2.24) is 14.5 Å². The molecule has 0 atom stereocenters. The Morgan fingerprint density at radius 3 is 2.74 bits per heavy atom.